The van der Waals surface area contributed by atoms with Crippen LogP contribution in [0.5, 0.6) is 0 Å². The Kier molecular flexibility index (Phi) is 5.37. The Balaban J connectivity index is 1.86. The van der Waals surface area contributed by atoms with Crippen LogP contribution in [0.1, 0.15) is 11.1 Å². The third-order valence-corrected chi connectivity index (χ3v) is 6.69. The first-order valence-corrected chi connectivity index (χ1v) is 11.2. The molecule has 0 fully saturated rings. The van der Waals surface area contributed by atoms with Gasteiger partial charge in [0.2, 0.25) is 14.9 Å². The van der Waals surface area contributed by atoms with E-state index in [2.05, 4.69) is 10.3 Å². The molecule has 0 spiro atoms. The molecule has 1 N–H and O–H groups in total. The van der Waals surface area contributed by atoms with E-state index in [-0.39, 0.29) is 9.92 Å². The first kappa shape index (κ1) is 20.2. The Hall–Kier alpha value is -3.09. The van der Waals surface area contributed by atoms with E-state index in [1.165, 1.54) is 6.33 Å². The second-order valence-electron chi connectivity index (χ2n) is 7.05. The van der Waals surface area contributed by atoms with Crippen LogP contribution < -0.4 is 5.32 Å². The largest absolute Gasteiger partial charge is 0.339 e. The second-order valence-corrected chi connectivity index (χ2v) is 9.35. The molecule has 0 aliphatic heterocycles. The summed E-state index contributed by atoms with van der Waals surface area (Å²) in [7, 11) is -3.83. The molecule has 0 bridgehead atoms. The van der Waals surface area contributed by atoms with Gasteiger partial charge in [0.1, 0.15) is 6.33 Å². The lowest BCUT2D eigenvalue weighted by Crippen LogP contribution is -2.08. The van der Waals surface area contributed by atoms with Gasteiger partial charge in [-0.3, -0.25) is 4.57 Å². The summed E-state index contributed by atoms with van der Waals surface area (Å²) < 4.78 is 28.5. The van der Waals surface area contributed by atoms with E-state index in [1.807, 2.05) is 38.1 Å². The van der Waals surface area contributed by atoms with Crippen molar-refractivity contribution in [2.75, 3.05) is 5.32 Å². The maximum atomic E-state index is 13.4. The molecule has 0 amide bonds. The Morgan fingerprint density at radius 3 is 2.00 bits per heavy atom. The normalized spacial score (nSPS) is 11.4. The van der Waals surface area contributed by atoms with Crippen LogP contribution >= 0.6 is 11.6 Å². The highest BCUT2D eigenvalue weighted by atomic mass is 35.5. The molecular formula is C23H20ClN3O2S. The number of nitrogens with zero attached hydrogens (tertiary/aromatic N) is 2. The van der Waals surface area contributed by atoms with E-state index in [1.54, 1.807) is 53.1 Å². The fraction of sp³-hybridized carbons (Fsp3) is 0.0870. The molecule has 0 radical (unpaired) electrons. The number of rotatable bonds is 5. The number of aryl methyl sites for hydroxylation is 2. The van der Waals surface area contributed by atoms with Gasteiger partial charge in [-0.15, -0.1) is 0 Å². The molecule has 0 atom stereocenters. The van der Waals surface area contributed by atoms with Gasteiger partial charge in [-0.05, 0) is 62.4 Å². The molecule has 0 aliphatic carbocycles. The third kappa shape index (κ3) is 3.97. The number of anilines is 2. The molecule has 7 heteroatoms. The molecule has 0 saturated heterocycles. The molecule has 0 saturated carbocycles. The van der Waals surface area contributed by atoms with E-state index in [4.69, 9.17) is 11.6 Å². The number of sulfone groups is 1. The molecule has 1 aromatic heterocycles. The van der Waals surface area contributed by atoms with E-state index in [0.717, 1.165) is 16.8 Å². The number of imidazole rings is 1. The predicted molar refractivity (Wildman–Crippen MR) is 120 cm³/mol. The molecule has 1 heterocycles. The Bertz CT molecular complexity index is 1280. The van der Waals surface area contributed by atoms with Crippen molar-refractivity contribution in [3.63, 3.8) is 0 Å². The fourth-order valence-corrected chi connectivity index (χ4v) is 4.48. The topological polar surface area (TPSA) is 64.0 Å². The van der Waals surface area contributed by atoms with Crippen LogP contribution in [-0.4, -0.2) is 18.0 Å². The van der Waals surface area contributed by atoms with Crippen molar-refractivity contribution in [3.05, 3.63) is 95.3 Å². The lowest BCUT2D eigenvalue weighted by Gasteiger charge is -2.13. The highest BCUT2D eigenvalue weighted by molar-refractivity contribution is 7.91. The van der Waals surface area contributed by atoms with Gasteiger partial charge in [0, 0.05) is 16.4 Å². The minimum Gasteiger partial charge on any atom is -0.339 e. The number of benzene rings is 3. The minimum atomic E-state index is -3.83. The zero-order valence-corrected chi connectivity index (χ0v) is 18.1. The Morgan fingerprint density at radius 1 is 0.833 bits per heavy atom. The zero-order chi connectivity index (χ0) is 21.3. The summed E-state index contributed by atoms with van der Waals surface area (Å²) in [6.45, 7) is 3.91. The third-order valence-electron chi connectivity index (χ3n) is 4.74. The fourth-order valence-electron chi connectivity index (χ4n) is 3.04. The highest BCUT2D eigenvalue weighted by Gasteiger charge is 2.27. The summed E-state index contributed by atoms with van der Waals surface area (Å²) in [4.78, 5) is 4.48. The summed E-state index contributed by atoms with van der Waals surface area (Å²) in [6, 6.07) is 21.6. The van der Waals surface area contributed by atoms with Crippen molar-refractivity contribution >= 4 is 32.9 Å². The minimum absolute atomic E-state index is 0.0399. The molecule has 3 aromatic carbocycles. The van der Waals surface area contributed by atoms with E-state index >= 15 is 0 Å². The molecule has 152 valence electrons. The predicted octanol–water partition coefficient (Wildman–Crippen LogP) is 5.72. The van der Waals surface area contributed by atoms with Gasteiger partial charge in [-0.2, -0.15) is 0 Å². The molecule has 0 aliphatic rings. The lowest BCUT2D eigenvalue weighted by molar-refractivity contribution is 0.593. The molecule has 4 rings (SSSR count). The number of aromatic nitrogens is 2. The average Bonchev–Trinajstić information content (AvgIpc) is 3.15. The van der Waals surface area contributed by atoms with Gasteiger partial charge < -0.3 is 5.32 Å². The first-order chi connectivity index (χ1) is 14.3. The van der Waals surface area contributed by atoms with Crippen molar-refractivity contribution in [2.45, 2.75) is 23.8 Å². The number of hydrogen-bond acceptors (Lipinski definition) is 4. The molecule has 4 aromatic rings. The van der Waals surface area contributed by atoms with Crippen LogP contribution in [0.4, 0.5) is 11.5 Å². The van der Waals surface area contributed by atoms with Crippen LogP contribution in [-0.2, 0) is 9.84 Å². The Morgan fingerprint density at radius 2 is 1.40 bits per heavy atom. The maximum Gasteiger partial charge on any atom is 0.227 e. The average molecular weight is 438 g/mol. The van der Waals surface area contributed by atoms with Gasteiger partial charge in [0.25, 0.3) is 0 Å². The summed E-state index contributed by atoms with van der Waals surface area (Å²) in [6.07, 6.45) is 1.52. The van der Waals surface area contributed by atoms with Gasteiger partial charge in [0.15, 0.2) is 5.82 Å². The van der Waals surface area contributed by atoms with E-state index < -0.39 is 9.84 Å². The van der Waals surface area contributed by atoms with Crippen LogP contribution in [0.15, 0.2) is 89.0 Å². The van der Waals surface area contributed by atoms with Crippen molar-refractivity contribution in [1.29, 1.82) is 0 Å². The smallest absolute Gasteiger partial charge is 0.227 e. The van der Waals surface area contributed by atoms with E-state index in [9.17, 15) is 8.42 Å². The number of halogens is 1. The summed E-state index contributed by atoms with van der Waals surface area (Å²) in [5, 5.41) is 3.77. The summed E-state index contributed by atoms with van der Waals surface area (Å²) >= 11 is 5.99. The summed E-state index contributed by atoms with van der Waals surface area (Å²) in [5.41, 5.74) is 3.60. The van der Waals surface area contributed by atoms with Crippen molar-refractivity contribution in [3.8, 4) is 5.69 Å². The van der Waals surface area contributed by atoms with Gasteiger partial charge >= 0.3 is 0 Å². The van der Waals surface area contributed by atoms with Crippen LogP contribution in [0.3, 0.4) is 0 Å². The monoisotopic (exact) mass is 437 g/mol. The number of nitrogens with one attached hydrogen (secondary N) is 1. The van der Waals surface area contributed by atoms with Gasteiger partial charge in [-0.25, -0.2) is 13.4 Å². The van der Waals surface area contributed by atoms with Crippen LogP contribution in [0, 0.1) is 13.8 Å². The maximum absolute atomic E-state index is 13.4. The van der Waals surface area contributed by atoms with Crippen molar-refractivity contribution in [2.24, 2.45) is 0 Å². The van der Waals surface area contributed by atoms with Crippen LogP contribution in [0.2, 0.25) is 5.02 Å². The summed E-state index contributed by atoms with van der Waals surface area (Å²) in [5.74, 6) is 0.363. The van der Waals surface area contributed by atoms with E-state index in [0.29, 0.717) is 16.5 Å². The SMILES string of the molecule is Cc1ccc(-n2cnc(S(=O)(=O)c3ccc(C)cc3)c2Nc2ccc(Cl)cc2)cc1. The van der Waals surface area contributed by atoms with Crippen molar-refractivity contribution < 1.29 is 8.42 Å². The van der Waals surface area contributed by atoms with Crippen LogP contribution in [0.25, 0.3) is 5.69 Å². The van der Waals surface area contributed by atoms with Gasteiger partial charge in [-0.1, -0.05) is 47.0 Å². The van der Waals surface area contributed by atoms with Gasteiger partial charge in [0.05, 0.1) is 4.90 Å². The molecule has 0 unspecified atom stereocenters. The highest BCUT2D eigenvalue weighted by Crippen LogP contribution is 2.31. The molecular weight excluding hydrogens is 418 g/mol. The Labute approximate surface area is 180 Å². The lowest BCUT2D eigenvalue weighted by atomic mass is 10.2. The first-order valence-electron chi connectivity index (χ1n) is 9.33. The van der Waals surface area contributed by atoms with Crippen molar-refractivity contribution in [1.82, 2.24) is 9.55 Å². The second kappa shape index (κ2) is 7.97. The molecule has 30 heavy (non-hydrogen) atoms. The molecule has 5 nitrogen and oxygen atoms in total. The quantitative estimate of drug-likeness (QED) is 0.433. The number of hydrogen-bond donors (Lipinski definition) is 1. The standard InChI is InChI=1S/C23H20ClN3O2S/c1-16-3-11-20(12-4-16)27-15-25-23(22(27)26-19-9-7-18(24)8-10-19)30(28,29)21-13-5-17(2)6-14-21/h3-15,26H,1-2H3. The zero-order valence-electron chi connectivity index (χ0n) is 16.5.